The standard InChI is InChI=1S/C12H11N5.ClH/c13-7-12-15-8-16-17(12)10-3-4-11-9(6-10)2-1-5-14-11;/h1-6,8H,7,13H2;1H. The second-order valence-electron chi connectivity index (χ2n) is 3.67. The number of nitrogens with zero attached hydrogens (tertiary/aromatic N) is 4. The van der Waals surface area contributed by atoms with Gasteiger partial charge in [-0.3, -0.25) is 4.98 Å². The molecule has 0 aliphatic rings. The number of nitrogens with two attached hydrogens (primary N) is 1. The predicted molar refractivity (Wildman–Crippen MR) is 71.8 cm³/mol. The van der Waals surface area contributed by atoms with Crippen LogP contribution in [0.5, 0.6) is 0 Å². The smallest absolute Gasteiger partial charge is 0.145 e. The van der Waals surface area contributed by atoms with Gasteiger partial charge in [0, 0.05) is 11.6 Å². The van der Waals surface area contributed by atoms with Crippen LogP contribution < -0.4 is 5.73 Å². The van der Waals surface area contributed by atoms with Gasteiger partial charge in [0.25, 0.3) is 0 Å². The fourth-order valence-electron chi connectivity index (χ4n) is 1.82. The van der Waals surface area contributed by atoms with Crippen molar-refractivity contribution in [2.45, 2.75) is 6.54 Å². The molecule has 0 aliphatic carbocycles. The lowest BCUT2D eigenvalue weighted by molar-refractivity contribution is 0.790. The topological polar surface area (TPSA) is 69.6 Å². The quantitative estimate of drug-likeness (QED) is 0.762. The van der Waals surface area contributed by atoms with Crippen molar-refractivity contribution < 1.29 is 0 Å². The van der Waals surface area contributed by atoms with Crippen molar-refractivity contribution in [3.8, 4) is 5.69 Å². The maximum absolute atomic E-state index is 5.61. The van der Waals surface area contributed by atoms with Crippen LogP contribution in [0.25, 0.3) is 16.6 Å². The van der Waals surface area contributed by atoms with E-state index in [0.29, 0.717) is 6.54 Å². The van der Waals surface area contributed by atoms with Crippen LogP contribution in [0.2, 0.25) is 0 Å². The molecule has 0 radical (unpaired) electrons. The van der Waals surface area contributed by atoms with Crippen molar-refractivity contribution in [2.75, 3.05) is 0 Å². The maximum atomic E-state index is 5.61. The second kappa shape index (κ2) is 5.12. The minimum atomic E-state index is 0. The number of hydrogen-bond acceptors (Lipinski definition) is 4. The van der Waals surface area contributed by atoms with Crippen molar-refractivity contribution in [2.24, 2.45) is 5.73 Å². The molecule has 0 unspecified atom stereocenters. The van der Waals surface area contributed by atoms with Gasteiger partial charge < -0.3 is 5.73 Å². The lowest BCUT2D eigenvalue weighted by atomic mass is 10.2. The van der Waals surface area contributed by atoms with Crippen molar-refractivity contribution in [1.29, 1.82) is 0 Å². The first-order valence-electron chi connectivity index (χ1n) is 5.32. The maximum Gasteiger partial charge on any atom is 0.145 e. The van der Waals surface area contributed by atoms with Gasteiger partial charge in [0.1, 0.15) is 12.2 Å². The molecule has 3 aromatic rings. The van der Waals surface area contributed by atoms with Crippen LogP contribution in [0, 0.1) is 0 Å². The third kappa shape index (κ3) is 2.05. The molecule has 0 aliphatic heterocycles. The number of rotatable bonds is 2. The molecule has 1 aromatic carbocycles. The number of halogens is 1. The number of benzene rings is 1. The Kier molecular flexibility index (Phi) is 3.55. The lowest BCUT2D eigenvalue weighted by Gasteiger charge is -2.05. The highest BCUT2D eigenvalue weighted by Gasteiger charge is 2.05. The molecule has 0 spiro atoms. The van der Waals surface area contributed by atoms with Gasteiger partial charge in [-0.05, 0) is 24.3 Å². The Bertz CT molecular complexity index is 664. The SMILES string of the molecule is Cl.NCc1ncnn1-c1ccc2ncccc2c1. The van der Waals surface area contributed by atoms with E-state index in [1.54, 1.807) is 10.9 Å². The van der Waals surface area contributed by atoms with Gasteiger partial charge in [-0.2, -0.15) is 5.10 Å². The second-order valence-corrected chi connectivity index (χ2v) is 3.67. The van der Waals surface area contributed by atoms with E-state index in [9.17, 15) is 0 Å². The van der Waals surface area contributed by atoms with Gasteiger partial charge in [0.15, 0.2) is 0 Å². The van der Waals surface area contributed by atoms with E-state index in [-0.39, 0.29) is 12.4 Å². The summed E-state index contributed by atoms with van der Waals surface area (Å²) < 4.78 is 1.74. The lowest BCUT2D eigenvalue weighted by Crippen LogP contribution is -2.07. The highest BCUT2D eigenvalue weighted by molar-refractivity contribution is 5.85. The third-order valence-electron chi connectivity index (χ3n) is 2.63. The van der Waals surface area contributed by atoms with Gasteiger partial charge in [-0.1, -0.05) is 6.07 Å². The molecular formula is C12H12ClN5. The molecule has 0 amide bonds. The van der Waals surface area contributed by atoms with Crippen molar-refractivity contribution in [1.82, 2.24) is 19.7 Å². The number of aromatic nitrogens is 4. The molecule has 2 heterocycles. The van der Waals surface area contributed by atoms with Crippen molar-refractivity contribution in [3.63, 3.8) is 0 Å². The Balaban J connectivity index is 0.00000120. The van der Waals surface area contributed by atoms with E-state index in [1.165, 1.54) is 6.33 Å². The summed E-state index contributed by atoms with van der Waals surface area (Å²) in [6.45, 7) is 0.366. The Hall–Kier alpha value is -1.98. The molecule has 5 nitrogen and oxygen atoms in total. The normalized spacial score (nSPS) is 10.3. The Morgan fingerprint density at radius 1 is 1.17 bits per heavy atom. The molecule has 0 saturated heterocycles. The summed E-state index contributed by atoms with van der Waals surface area (Å²) in [6.07, 6.45) is 3.29. The molecular weight excluding hydrogens is 250 g/mol. The van der Waals surface area contributed by atoms with Crippen LogP contribution in [-0.4, -0.2) is 19.7 Å². The first kappa shape index (κ1) is 12.5. The monoisotopic (exact) mass is 261 g/mol. The van der Waals surface area contributed by atoms with Gasteiger partial charge in [0.05, 0.1) is 17.7 Å². The van der Waals surface area contributed by atoms with E-state index in [4.69, 9.17) is 5.73 Å². The Morgan fingerprint density at radius 3 is 2.89 bits per heavy atom. The fourth-order valence-corrected chi connectivity index (χ4v) is 1.82. The third-order valence-corrected chi connectivity index (χ3v) is 2.63. The summed E-state index contributed by atoms with van der Waals surface area (Å²) in [7, 11) is 0. The zero-order valence-corrected chi connectivity index (χ0v) is 10.3. The zero-order chi connectivity index (χ0) is 11.7. The zero-order valence-electron chi connectivity index (χ0n) is 9.52. The molecule has 0 fully saturated rings. The molecule has 0 saturated carbocycles. The minimum Gasteiger partial charge on any atom is -0.324 e. The summed E-state index contributed by atoms with van der Waals surface area (Å²) in [6, 6.07) is 9.88. The van der Waals surface area contributed by atoms with Crippen LogP contribution >= 0.6 is 12.4 Å². The first-order chi connectivity index (χ1) is 8.38. The number of pyridine rings is 1. The van der Waals surface area contributed by atoms with Gasteiger partial charge in [0.2, 0.25) is 0 Å². The average Bonchev–Trinajstić information content (AvgIpc) is 2.86. The summed E-state index contributed by atoms with van der Waals surface area (Å²) in [4.78, 5) is 8.38. The Labute approximate surface area is 110 Å². The number of fused-ring (bicyclic) bond motifs is 1. The van der Waals surface area contributed by atoms with Gasteiger partial charge in [-0.25, -0.2) is 9.67 Å². The minimum absolute atomic E-state index is 0. The summed E-state index contributed by atoms with van der Waals surface area (Å²) in [5, 5.41) is 5.24. The van der Waals surface area contributed by atoms with Crippen LogP contribution in [0.15, 0.2) is 42.9 Å². The predicted octanol–water partition coefficient (Wildman–Crippen LogP) is 1.70. The van der Waals surface area contributed by atoms with Crippen LogP contribution in [-0.2, 0) is 6.54 Å². The van der Waals surface area contributed by atoms with E-state index >= 15 is 0 Å². The largest absolute Gasteiger partial charge is 0.324 e. The van der Waals surface area contributed by atoms with Crippen molar-refractivity contribution >= 4 is 23.3 Å². The summed E-state index contributed by atoms with van der Waals surface area (Å²) in [5.74, 6) is 0.744. The van der Waals surface area contributed by atoms with Gasteiger partial charge in [-0.15, -0.1) is 12.4 Å². The molecule has 0 bridgehead atoms. The molecule has 2 aromatic heterocycles. The highest BCUT2D eigenvalue weighted by Crippen LogP contribution is 2.16. The fraction of sp³-hybridized carbons (Fsp3) is 0.0833. The van der Waals surface area contributed by atoms with Crippen LogP contribution in [0.4, 0.5) is 0 Å². The first-order valence-corrected chi connectivity index (χ1v) is 5.32. The Morgan fingerprint density at radius 2 is 2.06 bits per heavy atom. The van der Waals surface area contributed by atoms with E-state index < -0.39 is 0 Å². The van der Waals surface area contributed by atoms with Crippen molar-refractivity contribution in [3.05, 3.63) is 48.7 Å². The van der Waals surface area contributed by atoms with E-state index in [2.05, 4.69) is 15.1 Å². The molecule has 0 atom stereocenters. The molecule has 6 heteroatoms. The van der Waals surface area contributed by atoms with Crippen LogP contribution in [0.3, 0.4) is 0 Å². The highest BCUT2D eigenvalue weighted by atomic mass is 35.5. The van der Waals surface area contributed by atoms with E-state index in [1.807, 2.05) is 30.3 Å². The summed E-state index contributed by atoms with van der Waals surface area (Å²) >= 11 is 0. The molecule has 2 N–H and O–H groups in total. The molecule has 3 rings (SSSR count). The summed E-state index contributed by atoms with van der Waals surface area (Å²) in [5.41, 5.74) is 7.52. The van der Waals surface area contributed by atoms with Gasteiger partial charge >= 0.3 is 0 Å². The number of hydrogen-bond donors (Lipinski definition) is 1. The van der Waals surface area contributed by atoms with Crippen LogP contribution in [0.1, 0.15) is 5.82 Å². The van der Waals surface area contributed by atoms with E-state index in [0.717, 1.165) is 22.4 Å². The molecule has 18 heavy (non-hydrogen) atoms. The average molecular weight is 262 g/mol. The molecule has 92 valence electrons.